The SMILES string of the molecule is [Cl][Pd][Cl].c1ccc(P(CNCP(c2ccccc2)c2ccccc2)c2ccccc2)cc1. The second-order valence-electron chi connectivity index (χ2n) is 6.81. The Hall–Kier alpha value is -1.06. The van der Waals surface area contributed by atoms with Gasteiger partial charge in [-0.05, 0) is 37.1 Å². The van der Waals surface area contributed by atoms with Crippen LogP contribution in [0.25, 0.3) is 0 Å². The molecule has 0 saturated heterocycles. The van der Waals surface area contributed by atoms with Crippen molar-refractivity contribution in [2.24, 2.45) is 0 Å². The van der Waals surface area contributed by atoms with Gasteiger partial charge in [-0.1, -0.05) is 121 Å². The molecule has 0 aliphatic rings. The van der Waals surface area contributed by atoms with E-state index in [1.807, 2.05) is 0 Å². The van der Waals surface area contributed by atoms with Crippen molar-refractivity contribution >= 4 is 56.1 Å². The summed E-state index contributed by atoms with van der Waals surface area (Å²) in [7, 11) is 8.79. The first kappa shape index (κ1) is 25.6. The van der Waals surface area contributed by atoms with E-state index in [2.05, 4.69) is 127 Å². The van der Waals surface area contributed by atoms with Gasteiger partial charge in [-0.2, -0.15) is 0 Å². The maximum absolute atomic E-state index is 4.81. The maximum atomic E-state index is 4.81. The molecule has 4 rings (SSSR count). The number of halogens is 2. The zero-order valence-corrected chi connectivity index (χ0v) is 22.3. The molecule has 4 aromatic rings. The molecular weight excluding hydrogens is 566 g/mol. The molecule has 1 N–H and O–H groups in total. The van der Waals surface area contributed by atoms with Crippen molar-refractivity contribution in [3.05, 3.63) is 121 Å². The number of hydrogen-bond donors (Lipinski definition) is 1. The van der Waals surface area contributed by atoms with Gasteiger partial charge in [-0.15, -0.1) is 0 Å². The normalized spacial score (nSPS) is 10.8. The number of hydrogen-bond acceptors (Lipinski definition) is 1. The number of rotatable bonds is 8. The largest absolute Gasteiger partial charge is 0.308 e. The minimum absolute atomic E-state index is 0.106. The van der Waals surface area contributed by atoms with Crippen LogP contribution in [0.1, 0.15) is 0 Å². The molecule has 0 aromatic heterocycles. The Kier molecular flexibility index (Phi) is 12.0. The van der Waals surface area contributed by atoms with Crippen molar-refractivity contribution in [1.82, 2.24) is 5.32 Å². The minimum atomic E-state index is -0.420. The van der Waals surface area contributed by atoms with Gasteiger partial charge in [-0.3, -0.25) is 0 Å². The summed E-state index contributed by atoms with van der Waals surface area (Å²) in [5.41, 5.74) is 0. The molecule has 4 aromatic carbocycles. The van der Waals surface area contributed by atoms with Gasteiger partial charge in [0.1, 0.15) is 0 Å². The molecule has 0 bridgehead atoms. The fourth-order valence-electron chi connectivity index (χ4n) is 3.37. The summed E-state index contributed by atoms with van der Waals surface area (Å²) in [5.74, 6) is 0. The van der Waals surface area contributed by atoms with Gasteiger partial charge in [0, 0.05) is 12.6 Å². The molecule has 0 saturated carbocycles. The summed E-state index contributed by atoms with van der Waals surface area (Å²) in [6, 6.07) is 43.7. The molecular formula is C26H25Cl2NP2Pd. The molecule has 1 nitrogen and oxygen atoms in total. The predicted molar refractivity (Wildman–Crippen MR) is 143 cm³/mol. The first-order valence-electron chi connectivity index (χ1n) is 10.1. The molecule has 0 atom stereocenters. The fourth-order valence-corrected chi connectivity index (χ4v) is 7.67. The quantitative estimate of drug-likeness (QED) is 0.192. The third-order valence-corrected chi connectivity index (χ3v) is 9.58. The molecule has 0 heterocycles. The van der Waals surface area contributed by atoms with Crippen LogP contribution in [-0.2, 0) is 15.9 Å². The summed E-state index contributed by atoms with van der Waals surface area (Å²) in [6.45, 7) is 0. The van der Waals surface area contributed by atoms with Crippen molar-refractivity contribution in [3.8, 4) is 0 Å². The first-order valence-corrected chi connectivity index (χ1v) is 17.2. The Balaban J connectivity index is 0.000000913. The first-order chi connectivity index (χ1) is 15.8. The van der Waals surface area contributed by atoms with Crippen LogP contribution in [0.15, 0.2) is 121 Å². The van der Waals surface area contributed by atoms with Crippen LogP contribution in [0.3, 0.4) is 0 Å². The summed E-state index contributed by atoms with van der Waals surface area (Å²) < 4.78 is 0. The molecule has 0 radical (unpaired) electrons. The van der Waals surface area contributed by atoms with Crippen molar-refractivity contribution in [1.29, 1.82) is 0 Å². The van der Waals surface area contributed by atoms with Crippen LogP contribution in [0, 0.1) is 0 Å². The van der Waals surface area contributed by atoms with E-state index in [-0.39, 0.29) is 15.9 Å². The van der Waals surface area contributed by atoms with Crippen LogP contribution >= 0.6 is 34.9 Å². The van der Waals surface area contributed by atoms with Crippen LogP contribution < -0.4 is 26.5 Å². The molecule has 0 aliphatic heterocycles. The van der Waals surface area contributed by atoms with E-state index >= 15 is 0 Å². The third kappa shape index (κ3) is 8.06. The van der Waals surface area contributed by atoms with Crippen molar-refractivity contribution in [3.63, 3.8) is 0 Å². The average molecular weight is 591 g/mol. The number of benzene rings is 4. The molecule has 0 unspecified atom stereocenters. The van der Waals surface area contributed by atoms with Crippen LogP contribution in [-0.4, -0.2) is 12.6 Å². The van der Waals surface area contributed by atoms with Crippen molar-refractivity contribution < 1.29 is 15.9 Å². The molecule has 168 valence electrons. The molecule has 0 spiro atoms. The summed E-state index contributed by atoms with van der Waals surface area (Å²) >= 11 is -0.106. The molecule has 32 heavy (non-hydrogen) atoms. The molecule has 0 amide bonds. The third-order valence-electron chi connectivity index (χ3n) is 4.81. The number of nitrogens with one attached hydrogen (secondary N) is 1. The second kappa shape index (κ2) is 15.0. The Labute approximate surface area is 210 Å². The van der Waals surface area contributed by atoms with Crippen LogP contribution in [0.4, 0.5) is 0 Å². The van der Waals surface area contributed by atoms with Gasteiger partial charge >= 0.3 is 35.0 Å². The van der Waals surface area contributed by atoms with Crippen LogP contribution in [0.5, 0.6) is 0 Å². The standard InChI is InChI=1S/C26H25NP2.2ClH.Pd/c1-5-13-23(14-6-1)28(24-15-7-2-8-16-24)21-27-22-29(25-17-9-3-10-18-25)26-19-11-4-12-20-26;;;/h1-20,27H,21-22H2;2*1H;/q;;;+2/p-2. The van der Waals surface area contributed by atoms with E-state index in [1.165, 1.54) is 21.2 Å². The van der Waals surface area contributed by atoms with Crippen LogP contribution in [0.2, 0.25) is 0 Å². The van der Waals surface area contributed by atoms with E-state index in [0.717, 1.165) is 12.6 Å². The summed E-state index contributed by atoms with van der Waals surface area (Å²) in [6.07, 6.45) is 1.98. The average Bonchev–Trinajstić information content (AvgIpc) is 2.87. The Morgan fingerprint density at radius 2 is 0.688 bits per heavy atom. The van der Waals surface area contributed by atoms with E-state index in [9.17, 15) is 0 Å². The van der Waals surface area contributed by atoms with Crippen molar-refractivity contribution in [2.45, 2.75) is 0 Å². The molecule has 0 aliphatic carbocycles. The summed E-state index contributed by atoms with van der Waals surface area (Å²) in [4.78, 5) is 0. The zero-order chi connectivity index (χ0) is 22.4. The smallest absolute Gasteiger partial charge is 0.0241 e. The van der Waals surface area contributed by atoms with Gasteiger partial charge in [0.2, 0.25) is 0 Å². The second-order valence-corrected chi connectivity index (χ2v) is 13.6. The van der Waals surface area contributed by atoms with E-state index < -0.39 is 15.8 Å². The Morgan fingerprint density at radius 1 is 0.469 bits per heavy atom. The molecule has 0 fully saturated rings. The van der Waals surface area contributed by atoms with Gasteiger partial charge < -0.3 is 5.32 Å². The fraction of sp³-hybridized carbons (Fsp3) is 0.0769. The van der Waals surface area contributed by atoms with E-state index in [1.54, 1.807) is 0 Å². The molecule has 6 heteroatoms. The topological polar surface area (TPSA) is 12.0 Å². The summed E-state index contributed by atoms with van der Waals surface area (Å²) in [5, 5.41) is 9.52. The van der Waals surface area contributed by atoms with E-state index in [4.69, 9.17) is 19.1 Å². The maximum Gasteiger partial charge on any atom is 0.0241 e. The van der Waals surface area contributed by atoms with Gasteiger partial charge in [0.25, 0.3) is 0 Å². The monoisotopic (exact) mass is 589 g/mol. The van der Waals surface area contributed by atoms with E-state index in [0.29, 0.717) is 0 Å². The minimum Gasteiger partial charge on any atom is -0.308 e. The zero-order valence-electron chi connectivity index (χ0n) is 17.4. The van der Waals surface area contributed by atoms with Gasteiger partial charge in [-0.25, -0.2) is 0 Å². The Morgan fingerprint density at radius 3 is 0.906 bits per heavy atom. The Bertz CT molecular complexity index is 847. The van der Waals surface area contributed by atoms with Crippen molar-refractivity contribution in [2.75, 3.05) is 12.6 Å². The van der Waals surface area contributed by atoms with Gasteiger partial charge in [0.05, 0.1) is 0 Å². The van der Waals surface area contributed by atoms with Gasteiger partial charge in [0.15, 0.2) is 0 Å². The predicted octanol–water partition coefficient (Wildman–Crippen LogP) is 6.13.